The molecule has 0 fully saturated rings. The number of aliphatic imine (C=N–C) groups is 1. The van der Waals surface area contributed by atoms with E-state index in [2.05, 4.69) is 28.5 Å². The minimum atomic E-state index is 0.225. The highest BCUT2D eigenvalue weighted by molar-refractivity contribution is 7.10. The molecule has 1 aromatic carbocycles. The van der Waals surface area contributed by atoms with E-state index in [0.29, 0.717) is 6.61 Å². The van der Waals surface area contributed by atoms with Gasteiger partial charge < -0.3 is 4.84 Å². The normalized spacial score (nSPS) is 19.4. The smallest absolute Gasteiger partial charge is 0.142 e. The third-order valence-electron chi connectivity index (χ3n) is 3.01. The quantitative estimate of drug-likeness (QED) is 0.781. The van der Waals surface area contributed by atoms with Crippen LogP contribution >= 0.6 is 11.3 Å². The lowest BCUT2D eigenvalue weighted by atomic mass is 10.1. The maximum absolute atomic E-state index is 5.42. The van der Waals surface area contributed by atoms with Crippen molar-refractivity contribution in [3.8, 4) is 0 Å². The second-order valence-electron chi connectivity index (χ2n) is 4.39. The summed E-state index contributed by atoms with van der Waals surface area (Å²) < 4.78 is 0. The van der Waals surface area contributed by atoms with Gasteiger partial charge in [-0.05, 0) is 23.9 Å². The summed E-state index contributed by atoms with van der Waals surface area (Å²) in [4.78, 5) is 11.1. The number of fused-ring (bicyclic) bond motifs is 1. The summed E-state index contributed by atoms with van der Waals surface area (Å²) in [5.74, 6) is 0. The number of thiophene rings is 1. The summed E-state index contributed by atoms with van der Waals surface area (Å²) >= 11 is 1.72. The third kappa shape index (κ3) is 2.58. The molecule has 2 heterocycles. The molecule has 0 saturated carbocycles. The highest BCUT2D eigenvalue weighted by atomic mass is 32.1. The van der Waals surface area contributed by atoms with E-state index in [9.17, 15) is 0 Å². The van der Waals surface area contributed by atoms with Gasteiger partial charge in [0.05, 0.1) is 12.3 Å². The molecule has 3 rings (SSSR count). The lowest BCUT2D eigenvalue weighted by Gasteiger charge is -2.13. The highest BCUT2D eigenvalue weighted by Gasteiger charge is 2.19. The van der Waals surface area contributed by atoms with Crippen molar-refractivity contribution in [3.05, 3.63) is 57.8 Å². The number of hydrogen-bond acceptors (Lipinski definition) is 4. The predicted octanol–water partition coefficient (Wildman–Crippen LogP) is 3.81. The van der Waals surface area contributed by atoms with Crippen LogP contribution in [0, 0.1) is 0 Å². The summed E-state index contributed by atoms with van der Waals surface area (Å²) in [6, 6.07) is 12.3. The first-order valence-corrected chi connectivity index (χ1v) is 7.07. The van der Waals surface area contributed by atoms with Crippen LogP contribution in [0.2, 0.25) is 0 Å². The molecule has 0 amide bonds. The van der Waals surface area contributed by atoms with Crippen molar-refractivity contribution in [1.29, 1.82) is 0 Å². The van der Waals surface area contributed by atoms with E-state index >= 15 is 0 Å². The molecule has 0 spiro atoms. The maximum atomic E-state index is 5.42. The molecule has 1 atom stereocenters. The van der Waals surface area contributed by atoms with Gasteiger partial charge in [-0.25, -0.2) is 0 Å². The summed E-state index contributed by atoms with van der Waals surface area (Å²) in [5, 5.41) is 6.27. The van der Waals surface area contributed by atoms with Gasteiger partial charge in [0, 0.05) is 10.4 Å². The second kappa shape index (κ2) is 5.36. The molecule has 0 radical (unpaired) electrons. The molecule has 0 N–H and O–H groups in total. The van der Waals surface area contributed by atoms with E-state index in [1.807, 2.05) is 30.3 Å². The van der Waals surface area contributed by atoms with Crippen LogP contribution in [0.1, 0.15) is 29.0 Å². The Morgan fingerprint density at radius 2 is 2.11 bits per heavy atom. The van der Waals surface area contributed by atoms with Crippen molar-refractivity contribution < 1.29 is 4.84 Å². The monoisotopic (exact) mass is 270 g/mol. The molecular weight excluding hydrogens is 256 g/mol. The topological polar surface area (TPSA) is 34.0 Å². The molecule has 1 aromatic heterocycles. The summed E-state index contributed by atoms with van der Waals surface area (Å²) in [5.41, 5.74) is 3.06. The third-order valence-corrected chi connectivity index (χ3v) is 4.10. The van der Waals surface area contributed by atoms with Crippen LogP contribution in [0.3, 0.4) is 0 Å². The molecule has 3 nitrogen and oxygen atoms in total. The van der Waals surface area contributed by atoms with Crippen LogP contribution in [-0.2, 0) is 11.4 Å². The van der Waals surface area contributed by atoms with Crippen molar-refractivity contribution >= 4 is 23.3 Å². The first-order valence-electron chi connectivity index (χ1n) is 6.19. The van der Waals surface area contributed by atoms with Gasteiger partial charge in [0.25, 0.3) is 0 Å². The zero-order chi connectivity index (χ0) is 13.1. The Bertz CT molecular complexity index is 616. The van der Waals surface area contributed by atoms with Crippen molar-refractivity contribution in [1.82, 2.24) is 0 Å². The average molecular weight is 270 g/mol. The Labute approximate surface area is 116 Å². The molecule has 1 aliphatic rings. The number of rotatable bonds is 3. The van der Waals surface area contributed by atoms with Crippen LogP contribution in [0.25, 0.3) is 0 Å². The van der Waals surface area contributed by atoms with Gasteiger partial charge in [0.1, 0.15) is 12.3 Å². The van der Waals surface area contributed by atoms with Gasteiger partial charge in [-0.1, -0.05) is 35.5 Å². The number of benzene rings is 1. The van der Waals surface area contributed by atoms with E-state index in [1.165, 1.54) is 4.88 Å². The molecule has 0 saturated heterocycles. The summed E-state index contributed by atoms with van der Waals surface area (Å²) in [6.07, 6.45) is 1.80. The lowest BCUT2D eigenvalue weighted by Crippen LogP contribution is -2.11. The van der Waals surface area contributed by atoms with Gasteiger partial charge in [-0.3, -0.25) is 4.99 Å². The van der Waals surface area contributed by atoms with Gasteiger partial charge in [-0.15, -0.1) is 11.3 Å². The van der Waals surface area contributed by atoms with Crippen molar-refractivity contribution in [2.45, 2.75) is 19.6 Å². The average Bonchev–Trinajstić information content (AvgIpc) is 2.93. The minimum Gasteiger partial charge on any atom is -0.390 e. The lowest BCUT2D eigenvalue weighted by molar-refractivity contribution is 0.131. The zero-order valence-corrected chi connectivity index (χ0v) is 11.4. The Hall–Kier alpha value is -1.94. The number of nitrogens with zero attached hydrogens (tertiary/aromatic N) is 2. The van der Waals surface area contributed by atoms with Gasteiger partial charge in [-0.2, -0.15) is 0 Å². The minimum absolute atomic E-state index is 0.225. The largest absolute Gasteiger partial charge is 0.390 e. The predicted molar refractivity (Wildman–Crippen MR) is 79.0 cm³/mol. The van der Waals surface area contributed by atoms with Crippen LogP contribution in [0.15, 0.2) is 51.9 Å². The maximum Gasteiger partial charge on any atom is 0.142 e. The van der Waals surface area contributed by atoms with Crippen molar-refractivity contribution in [2.24, 2.45) is 10.1 Å². The van der Waals surface area contributed by atoms with Gasteiger partial charge in [0.15, 0.2) is 0 Å². The first-order chi connectivity index (χ1) is 9.34. The molecule has 19 heavy (non-hydrogen) atoms. The zero-order valence-electron chi connectivity index (χ0n) is 10.6. The molecular formula is C15H14N2OS. The fourth-order valence-corrected chi connectivity index (χ4v) is 2.91. The van der Waals surface area contributed by atoms with E-state index in [0.717, 1.165) is 16.8 Å². The van der Waals surface area contributed by atoms with Gasteiger partial charge in [0.2, 0.25) is 0 Å². The Morgan fingerprint density at radius 3 is 2.95 bits per heavy atom. The van der Waals surface area contributed by atoms with E-state index < -0.39 is 0 Å². The molecule has 1 unspecified atom stereocenters. The highest BCUT2D eigenvalue weighted by Crippen LogP contribution is 2.30. The summed E-state index contributed by atoms with van der Waals surface area (Å²) in [6.45, 7) is 2.57. The van der Waals surface area contributed by atoms with Crippen molar-refractivity contribution in [2.75, 3.05) is 0 Å². The number of oxime groups is 1. The fourth-order valence-electron chi connectivity index (χ4n) is 2.00. The van der Waals surface area contributed by atoms with Crippen molar-refractivity contribution in [3.63, 3.8) is 0 Å². The van der Waals surface area contributed by atoms with Crippen LogP contribution in [0.4, 0.5) is 0 Å². The van der Waals surface area contributed by atoms with Gasteiger partial charge >= 0.3 is 0 Å². The number of hydrogen-bond donors (Lipinski definition) is 0. The van der Waals surface area contributed by atoms with Crippen LogP contribution in [0.5, 0.6) is 0 Å². The fraction of sp³-hybridized carbons (Fsp3) is 0.200. The SMILES string of the molecule is CC1N=CC(=NOCc2ccccc2)c2ccsc21. The molecule has 1 aliphatic heterocycles. The van der Waals surface area contributed by atoms with E-state index in [1.54, 1.807) is 17.6 Å². The molecule has 0 aliphatic carbocycles. The first kappa shape index (κ1) is 12.1. The standard InChI is InChI=1S/C15H14N2OS/c1-11-15-13(7-8-19-15)14(9-16-11)17-18-10-12-5-3-2-4-6-12/h2-9,11H,10H2,1H3. The molecule has 2 aromatic rings. The Kier molecular flexibility index (Phi) is 3.42. The van der Waals surface area contributed by atoms with Crippen LogP contribution < -0.4 is 0 Å². The Balaban J connectivity index is 1.73. The van der Waals surface area contributed by atoms with E-state index in [-0.39, 0.29) is 6.04 Å². The van der Waals surface area contributed by atoms with Crippen LogP contribution in [-0.4, -0.2) is 11.9 Å². The second-order valence-corrected chi connectivity index (χ2v) is 5.34. The Morgan fingerprint density at radius 1 is 1.26 bits per heavy atom. The molecule has 4 heteroatoms. The summed E-state index contributed by atoms with van der Waals surface area (Å²) in [7, 11) is 0. The van der Waals surface area contributed by atoms with E-state index in [4.69, 9.17) is 4.84 Å². The molecule has 96 valence electrons. The molecule has 0 bridgehead atoms.